The fourth-order valence-electron chi connectivity index (χ4n) is 0.934. The van der Waals surface area contributed by atoms with E-state index in [0.717, 1.165) is 32.2 Å². The van der Waals surface area contributed by atoms with Crippen LogP contribution in [0.2, 0.25) is 0 Å². The summed E-state index contributed by atoms with van der Waals surface area (Å²) < 4.78 is 5.04. The maximum atomic E-state index is 5.04. The quantitative estimate of drug-likeness (QED) is 0.562. The number of hydrogen-bond donors (Lipinski definition) is 1. The minimum absolute atomic E-state index is 0.851. The molecule has 9 heavy (non-hydrogen) atoms. The molecule has 1 rings (SSSR count). The van der Waals surface area contributed by atoms with Crippen molar-refractivity contribution in [2.45, 2.75) is 13.3 Å². The smallest absolute Gasteiger partial charge is 0.0516 e. The molecule has 0 amide bonds. The van der Waals surface area contributed by atoms with Crippen LogP contribution in [0, 0.1) is 5.92 Å². The van der Waals surface area contributed by atoms with Gasteiger partial charge in [-0.25, -0.2) is 0 Å². The molecule has 0 bridgehead atoms. The molecule has 0 radical (unpaired) electrons. The zero-order chi connectivity index (χ0) is 6.53. The Hall–Kier alpha value is -0.0800. The standard InChI is InChI=1S/C7H15NO/c1-2-8-4-3-7-5-9-6-7/h7-8H,2-6H2,1H3. The third kappa shape index (κ3) is 2.33. The highest BCUT2D eigenvalue weighted by Crippen LogP contribution is 2.12. The van der Waals surface area contributed by atoms with Gasteiger partial charge in [-0.05, 0) is 19.5 Å². The predicted molar refractivity (Wildman–Crippen MR) is 37.5 cm³/mol. The van der Waals surface area contributed by atoms with Crippen molar-refractivity contribution in [2.24, 2.45) is 5.92 Å². The molecule has 0 aromatic rings. The molecule has 0 aromatic carbocycles. The summed E-state index contributed by atoms with van der Waals surface area (Å²) in [4.78, 5) is 0. The first-order chi connectivity index (χ1) is 4.43. The number of hydrogen-bond acceptors (Lipinski definition) is 2. The van der Waals surface area contributed by atoms with E-state index in [-0.39, 0.29) is 0 Å². The number of ether oxygens (including phenoxy) is 1. The lowest BCUT2D eigenvalue weighted by Crippen LogP contribution is -2.30. The van der Waals surface area contributed by atoms with Crippen LogP contribution in [0.25, 0.3) is 0 Å². The molecule has 1 heterocycles. The second kappa shape index (κ2) is 3.85. The summed E-state index contributed by atoms with van der Waals surface area (Å²) in [7, 11) is 0. The van der Waals surface area contributed by atoms with Crippen molar-refractivity contribution in [2.75, 3.05) is 26.3 Å². The molecule has 2 nitrogen and oxygen atoms in total. The molecule has 0 unspecified atom stereocenters. The maximum absolute atomic E-state index is 5.04. The Balaban J connectivity index is 1.80. The summed E-state index contributed by atoms with van der Waals surface area (Å²) in [5.41, 5.74) is 0. The highest BCUT2D eigenvalue weighted by atomic mass is 16.5. The van der Waals surface area contributed by atoms with E-state index in [4.69, 9.17) is 4.74 Å². The Kier molecular flexibility index (Phi) is 3.01. The maximum Gasteiger partial charge on any atom is 0.0516 e. The fraction of sp³-hybridized carbons (Fsp3) is 1.00. The predicted octanol–water partition coefficient (Wildman–Crippen LogP) is 0.632. The second-order valence-corrected chi connectivity index (χ2v) is 2.55. The van der Waals surface area contributed by atoms with Gasteiger partial charge in [-0.1, -0.05) is 6.92 Å². The Morgan fingerprint density at radius 3 is 2.78 bits per heavy atom. The summed E-state index contributed by atoms with van der Waals surface area (Å²) in [6.07, 6.45) is 1.29. The minimum Gasteiger partial charge on any atom is -0.381 e. The molecule has 0 aliphatic carbocycles. The van der Waals surface area contributed by atoms with E-state index in [1.54, 1.807) is 0 Å². The van der Waals surface area contributed by atoms with E-state index in [0.29, 0.717) is 0 Å². The molecule has 54 valence electrons. The van der Waals surface area contributed by atoms with Gasteiger partial charge in [0, 0.05) is 5.92 Å². The average Bonchev–Trinajstić information content (AvgIpc) is 1.76. The summed E-state index contributed by atoms with van der Waals surface area (Å²) in [5.74, 6) is 0.851. The van der Waals surface area contributed by atoms with Crippen molar-refractivity contribution in [3.63, 3.8) is 0 Å². The van der Waals surface area contributed by atoms with Crippen molar-refractivity contribution in [1.29, 1.82) is 0 Å². The molecule has 1 N–H and O–H groups in total. The molecule has 1 aliphatic rings. The van der Waals surface area contributed by atoms with E-state index in [1.165, 1.54) is 6.42 Å². The van der Waals surface area contributed by atoms with Crippen LogP contribution < -0.4 is 5.32 Å². The lowest BCUT2D eigenvalue weighted by molar-refractivity contribution is -0.0350. The highest BCUT2D eigenvalue weighted by molar-refractivity contribution is 4.65. The van der Waals surface area contributed by atoms with Gasteiger partial charge in [0.25, 0.3) is 0 Å². The van der Waals surface area contributed by atoms with Crippen LogP contribution in [0.15, 0.2) is 0 Å². The van der Waals surface area contributed by atoms with E-state index in [2.05, 4.69) is 12.2 Å². The number of nitrogens with one attached hydrogen (secondary N) is 1. The number of rotatable bonds is 4. The monoisotopic (exact) mass is 129 g/mol. The normalized spacial score (nSPS) is 19.7. The van der Waals surface area contributed by atoms with Gasteiger partial charge in [-0.3, -0.25) is 0 Å². The lowest BCUT2D eigenvalue weighted by Gasteiger charge is -2.25. The summed E-state index contributed by atoms with van der Waals surface area (Å²) in [6.45, 7) is 6.37. The van der Waals surface area contributed by atoms with Gasteiger partial charge in [0.1, 0.15) is 0 Å². The minimum atomic E-state index is 0.851. The van der Waals surface area contributed by atoms with Crippen LogP contribution in [0.5, 0.6) is 0 Å². The van der Waals surface area contributed by atoms with Crippen LogP contribution in [0.4, 0.5) is 0 Å². The summed E-state index contributed by atoms with van der Waals surface area (Å²) in [5, 5.41) is 3.29. The van der Waals surface area contributed by atoms with Gasteiger partial charge in [-0.15, -0.1) is 0 Å². The van der Waals surface area contributed by atoms with Crippen molar-refractivity contribution in [3.8, 4) is 0 Å². The Morgan fingerprint density at radius 2 is 2.33 bits per heavy atom. The van der Waals surface area contributed by atoms with Crippen LogP contribution in [-0.2, 0) is 4.74 Å². The third-order valence-corrected chi connectivity index (χ3v) is 1.69. The van der Waals surface area contributed by atoms with Crippen LogP contribution in [0.1, 0.15) is 13.3 Å². The molecule has 0 spiro atoms. The summed E-state index contributed by atoms with van der Waals surface area (Å²) in [6, 6.07) is 0. The first-order valence-corrected chi connectivity index (χ1v) is 3.72. The van der Waals surface area contributed by atoms with Crippen molar-refractivity contribution < 1.29 is 4.74 Å². The molecule has 1 saturated heterocycles. The van der Waals surface area contributed by atoms with Gasteiger partial charge < -0.3 is 10.1 Å². The molecule has 0 aromatic heterocycles. The van der Waals surface area contributed by atoms with Crippen LogP contribution in [0.3, 0.4) is 0 Å². The van der Waals surface area contributed by atoms with E-state index < -0.39 is 0 Å². The van der Waals surface area contributed by atoms with E-state index >= 15 is 0 Å². The highest BCUT2D eigenvalue weighted by Gasteiger charge is 2.16. The average molecular weight is 129 g/mol. The summed E-state index contributed by atoms with van der Waals surface area (Å²) >= 11 is 0. The molecule has 0 saturated carbocycles. The zero-order valence-electron chi connectivity index (χ0n) is 6.02. The Labute approximate surface area is 56.6 Å². The van der Waals surface area contributed by atoms with Gasteiger partial charge >= 0.3 is 0 Å². The van der Waals surface area contributed by atoms with E-state index in [9.17, 15) is 0 Å². The molecule has 0 atom stereocenters. The van der Waals surface area contributed by atoms with Crippen molar-refractivity contribution in [1.82, 2.24) is 5.32 Å². The first kappa shape index (κ1) is 7.03. The van der Waals surface area contributed by atoms with Gasteiger partial charge in [0.2, 0.25) is 0 Å². The van der Waals surface area contributed by atoms with Gasteiger partial charge in [0.05, 0.1) is 13.2 Å². The molecular formula is C7H15NO. The van der Waals surface area contributed by atoms with Gasteiger partial charge in [0.15, 0.2) is 0 Å². The van der Waals surface area contributed by atoms with Crippen molar-refractivity contribution in [3.05, 3.63) is 0 Å². The molecular weight excluding hydrogens is 114 g/mol. The third-order valence-electron chi connectivity index (χ3n) is 1.69. The molecule has 2 heteroatoms. The van der Waals surface area contributed by atoms with Gasteiger partial charge in [-0.2, -0.15) is 0 Å². The first-order valence-electron chi connectivity index (χ1n) is 3.72. The zero-order valence-corrected chi connectivity index (χ0v) is 6.02. The Bertz CT molecular complexity index is 71.3. The topological polar surface area (TPSA) is 21.3 Å². The molecule has 1 fully saturated rings. The molecule has 1 aliphatic heterocycles. The van der Waals surface area contributed by atoms with Crippen LogP contribution in [-0.4, -0.2) is 26.3 Å². The fourth-order valence-corrected chi connectivity index (χ4v) is 0.934. The second-order valence-electron chi connectivity index (χ2n) is 2.55. The van der Waals surface area contributed by atoms with Crippen molar-refractivity contribution >= 4 is 0 Å². The Morgan fingerprint density at radius 1 is 1.56 bits per heavy atom. The van der Waals surface area contributed by atoms with E-state index in [1.807, 2.05) is 0 Å². The van der Waals surface area contributed by atoms with Crippen LogP contribution >= 0.6 is 0 Å². The largest absolute Gasteiger partial charge is 0.381 e. The lowest BCUT2D eigenvalue weighted by atomic mass is 10.0. The SMILES string of the molecule is CCNCCC1COC1.